The summed E-state index contributed by atoms with van der Waals surface area (Å²) in [6.07, 6.45) is 2.28. The van der Waals surface area contributed by atoms with E-state index in [1.807, 2.05) is 25.1 Å². The molecular formula is C20H30N2O4. The number of fused-ring (bicyclic) bond motifs is 1. The summed E-state index contributed by atoms with van der Waals surface area (Å²) in [6, 6.07) is 5.34. The molecule has 1 aromatic rings. The molecule has 1 unspecified atom stereocenters. The third-order valence-electron chi connectivity index (χ3n) is 4.88. The fourth-order valence-electron chi connectivity index (χ4n) is 3.29. The summed E-state index contributed by atoms with van der Waals surface area (Å²) in [5.41, 5.74) is 0.737. The lowest BCUT2D eigenvalue weighted by molar-refractivity contribution is -0.122. The van der Waals surface area contributed by atoms with Crippen LogP contribution in [-0.4, -0.2) is 55.9 Å². The van der Waals surface area contributed by atoms with Crippen molar-refractivity contribution in [1.29, 1.82) is 0 Å². The number of rotatable bonds is 6. The van der Waals surface area contributed by atoms with Crippen LogP contribution in [0.3, 0.4) is 0 Å². The quantitative estimate of drug-likeness (QED) is 0.843. The molecule has 0 bridgehead atoms. The average molecular weight is 362 g/mol. The first-order valence-electron chi connectivity index (χ1n) is 9.59. The molecule has 6 nitrogen and oxygen atoms in total. The monoisotopic (exact) mass is 362 g/mol. The van der Waals surface area contributed by atoms with Crippen molar-refractivity contribution in [2.75, 3.05) is 38.2 Å². The van der Waals surface area contributed by atoms with Crippen LogP contribution in [0.1, 0.15) is 33.6 Å². The third-order valence-corrected chi connectivity index (χ3v) is 4.88. The van der Waals surface area contributed by atoms with Crippen molar-refractivity contribution in [2.45, 2.75) is 45.8 Å². The van der Waals surface area contributed by atoms with Crippen molar-refractivity contribution < 1.29 is 19.0 Å². The molecule has 2 heterocycles. The highest BCUT2D eigenvalue weighted by Gasteiger charge is 2.27. The maximum Gasteiger partial charge on any atom is 0.241 e. The van der Waals surface area contributed by atoms with E-state index in [1.54, 1.807) is 0 Å². The minimum atomic E-state index is -0.172. The van der Waals surface area contributed by atoms with E-state index < -0.39 is 0 Å². The van der Waals surface area contributed by atoms with E-state index in [0.29, 0.717) is 31.0 Å². The van der Waals surface area contributed by atoms with Crippen LogP contribution < -0.4 is 14.8 Å². The molecule has 6 heteroatoms. The van der Waals surface area contributed by atoms with Crippen LogP contribution in [0, 0.1) is 5.92 Å². The second-order valence-corrected chi connectivity index (χ2v) is 7.49. The summed E-state index contributed by atoms with van der Waals surface area (Å²) >= 11 is 0. The normalized spacial score (nSPS) is 19.4. The topological polar surface area (TPSA) is 60.0 Å². The molecule has 0 radical (unpaired) electrons. The number of anilines is 1. The average Bonchev–Trinajstić information content (AvgIpc) is 2.66. The SMILES string of the molecule is CC(C)COC1CCN(C(C)C(=O)Nc2ccc3c(c2)OCCO3)CC1. The van der Waals surface area contributed by atoms with Gasteiger partial charge in [0.2, 0.25) is 5.91 Å². The van der Waals surface area contributed by atoms with Crippen LogP contribution in [0.4, 0.5) is 5.69 Å². The zero-order valence-electron chi connectivity index (χ0n) is 16.0. The first kappa shape index (κ1) is 19.0. The van der Waals surface area contributed by atoms with Crippen LogP contribution in [-0.2, 0) is 9.53 Å². The lowest BCUT2D eigenvalue weighted by Gasteiger charge is -2.35. The summed E-state index contributed by atoms with van der Waals surface area (Å²) in [5, 5.41) is 2.99. The van der Waals surface area contributed by atoms with E-state index in [4.69, 9.17) is 14.2 Å². The van der Waals surface area contributed by atoms with Crippen molar-refractivity contribution in [1.82, 2.24) is 4.90 Å². The van der Waals surface area contributed by atoms with E-state index >= 15 is 0 Å². The van der Waals surface area contributed by atoms with Gasteiger partial charge in [-0.2, -0.15) is 0 Å². The van der Waals surface area contributed by atoms with Crippen LogP contribution in [0.5, 0.6) is 11.5 Å². The second-order valence-electron chi connectivity index (χ2n) is 7.49. The molecule has 1 N–H and O–H groups in total. The number of likely N-dealkylation sites (tertiary alicyclic amines) is 1. The van der Waals surface area contributed by atoms with Gasteiger partial charge in [0.05, 0.1) is 12.1 Å². The number of amides is 1. The number of hydrogen-bond acceptors (Lipinski definition) is 5. The fraction of sp³-hybridized carbons (Fsp3) is 0.650. The van der Waals surface area contributed by atoms with Crippen molar-refractivity contribution in [2.24, 2.45) is 5.92 Å². The van der Waals surface area contributed by atoms with Gasteiger partial charge in [-0.1, -0.05) is 13.8 Å². The maximum absolute atomic E-state index is 12.6. The van der Waals surface area contributed by atoms with Gasteiger partial charge in [-0.05, 0) is 37.8 Å². The highest BCUT2D eigenvalue weighted by atomic mass is 16.6. The van der Waals surface area contributed by atoms with Crippen molar-refractivity contribution >= 4 is 11.6 Å². The molecule has 1 saturated heterocycles. The van der Waals surface area contributed by atoms with Gasteiger partial charge in [-0.15, -0.1) is 0 Å². The summed E-state index contributed by atoms with van der Waals surface area (Å²) in [5.74, 6) is 1.97. The Morgan fingerprint density at radius 3 is 2.58 bits per heavy atom. The van der Waals surface area contributed by atoms with Crippen LogP contribution in [0.2, 0.25) is 0 Å². The number of nitrogens with zero attached hydrogens (tertiary/aromatic N) is 1. The maximum atomic E-state index is 12.6. The highest BCUT2D eigenvalue weighted by Crippen LogP contribution is 2.32. The summed E-state index contributed by atoms with van der Waals surface area (Å²) in [7, 11) is 0. The van der Waals surface area contributed by atoms with E-state index in [2.05, 4.69) is 24.1 Å². The Kier molecular flexibility index (Phi) is 6.38. The minimum absolute atomic E-state index is 0.00299. The van der Waals surface area contributed by atoms with Gasteiger partial charge in [0.1, 0.15) is 13.2 Å². The molecule has 1 amide bonds. The van der Waals surface area contributed by atoms with E-state index in [1.165, 1.54) is 0 Å². The fourth-order valence-corrected chi connectivity index (χ4v) is 3.29. The third kappa shape index (κ3) is 4.89. The molecule has 0 aliphatic carbocycles. The molecule has 1 aromatic carbocycles. The second kappa shape index (κ2) is 8.73. The molecule has 144 valence electrons. The number of benzene rings is 1. The Morgan fingerprint density at radius 2 is 1.88 bits per heavy atom. The molecule has 0 spiro atoms. The van der Waals surface area contributed by atoms with Crippen LogP contribution >= 0.6 is 0 Å². The molecule has 0 saturated carbocycles. The predicted molar refractivity (Wildman–Crippen MR) is 101 cm³/mol. The number of hydrogen-bond donors (Lipinski definition) is 1. The Balaban J connectivity index is 1.49. The number of piperidine rings is 1. The van der Waals surface area contributed by atoms with Crippen molar-refractivity contribution in [3.8, 4) is 11.5 Å². The molecular weight excluding hydrogens is 332 g/mol. The molecule has 1 atom stereocenters. The van der Waals surface area contributed by atoms with Crippen LogP contribution in [0.15, 0.2) is 18.2 Å². The molecule has 0 aromatic heterocycles. The van der Waals surface area contributed by atoms with Crippen LogP contribution in [0.25, 0.3) is 0 Å². The van der Waals surface area contributed by atoms with Gasteiger partial charge in [0, 0.05) is 31.5 Å². The standard InChI is InChI=1S/C20H30N2O4/c1-14(2)13-26-17-6-8-22(9-7-17)15(3)20(23)21-16-4-5-18-19(12-16)25-11-10-24-18/h4-5,12,14-15,17H,6-11,13H2,1-3H3,(H,21,23). The Morgan fingerprint density at radius 1 is 1.19 bits per heavy atom. The largest absolute Gasteiger partial charge is 0.486 e. The lowest BCUT2D eigenvalue weighted by atomic mass is 10.1. The lowest BCUT2D eigenvalue weighted by Crippen LogP contribution is -2.47. The first-order valence-corrected chi connectivity index (χ1v) is 9.59. The zero-order chi connectivity index (χ0) is 18.5. The number of carbonyl (C=O) groups excluding carboxylic acids is 1. The molecule has 2 aliphatic rings. The first-order chi connectivity index (χ1) is 12.5. The van der Waals surface area contributed by atoms with E-state index in [0.717, 1.165) is 44.0 Å². The Hall–Kier alpha value is -1.79. The van der Waals surface area contributed by atoms with Crippen molar-refractivity contribution in [3.63, 3.8) is 0 Å². The van der Waals surface area contributed by atoms with Gasteiger partial charge in [-0.3, -0.25) is 9.69 Å². The summed E-state index contributed by atoms with van der Waals surface area (Å²) in [6.45, 7) is 9.98. The molecule has 3 rings (SSSR count). The van der Waals surface area contributed by atoms with Gasteiger partial charge >= 0.3 is 0 Å². The van der Waals surface area contributed by atoms with Gasteiger partial charge < -0.3 is 19.5 Å². The Labute approximate surface area is 155 Å². The van der Waals surface area contributed by atoms with Gasteiger partial charge in [0.15, 0.2) is 11.5 Å². The number of ether oxygens (including phenoxy) is 3. The molecule has 26 heavy (non-hydrogen) atoms. The van der Waals surface area contributed by atoms with E-state index in [9.17, 15) is 4.79 Å². The smallest absolute Gasteiger partial charge is 0.241 e. The molecule has 1 fully saturated rings. The zero-order valence-corrected chi connectivity index (χ0v) is 16.0. The predicted octanol–water partition coefficient (Wildman–Crippen LogP) is 2.92. The summed E-state index contributed by atoms with van der Waals surface area (Å²) < 4.78 is 17.0. The minimum Gasteiger partial charge on any atom is -0.486 e. The number of nitrogens with one attached hydrogen (secondary N) is 1. The van der Waals surface area contributed by atoms with Gasteiger partial charge in [0.25, 0.3) is 0 Å². The number of carbonyl (C=O) groups is 1. The summed E-state index contributed by atoms with van der Waals surface area (Å²) in [4.78, 5) is 14.8. The molecule has 2 aliphatic heterocycles. The van der Waals surface area contributed by atoms with Crippen molar-refractivity contribution in [3.05, 3.63) is 18.2 Å². The Bertz CT molecular complexity index is 612. The highest BCUT2D eigenvalue weighted by molar-refractivity contribution is 5.94. The van der Waals surface area contributed by atoms with E-state index in [-0.39, 0.29) is 11.9 Å². The van der Waals surface area contributed by atoms with Gasteiger partial charge in [-0.25, -0.2) is 0 Å².